The zero-order valence-electron chi connectivity index (χ0n) is 19.9. The van der Waals surface area contributed by atoms with E-state index >= 15 is 0 Å². The minimum Gasteiger partial charge on any atom is -0.507 e. The number of benzene rings is 4. The van der Waals surface area contributed by atoms with Crippen molar-refractivity contribution in [1.82, 2.24) is 9.88 Å². The fourth-order valence-electron chi connectivity index (χ4n) is 4.86. The molecule has 0 amide bonds. The highest BCUT2D eigenvalue weighted by Crippen LogP contribution is 2.30. The number of fused-ring (bicyclic) bond motifs is 2. The largest absolute Gasteiger partial charge is 0.507 e. The van der Waals surface area contributed by atoms with Gasteiger partial charge in [-0.3, -0.25) is 4.79 Å². The standard InChI is InChI=1S/C30H26N2O4/c1-19-28(29(34)23-11-6-8-21-7-2-3-9-22(21)23)24-10-4-5-12-26(24)32(19)16-15-31-18-20-13-14-25(30(35)36)27(33)17-20/h2-14,17,31,33H,15-16,18H2,1H3,(H,35,36). The van der Waals surface area contributed by atoms with Crippen molar-refractivity contribution in [1.29, 1.82) is 0 Å². The van der Waals surface area contributed by atoms with E-state index in [1.807, 2.05) is 73.7 Å². The Morgan fingerprint density at radius 1 is 0.861 bits per heavy atom. The van der Waals surface area contributed by atoms with Crippen molar-refractivity contribution in [3.63, 3.8) is 0 Å². The van der Waals surface area contributed by atoms with Gasteiger partial charge in [0.2, 0.25) is 0 Å². The van der Waals surface area contributed by atoms with Crippen molar-refractivity contribution in [3.8, 4) is 5.75 Å². The van der Waals surface area contributed by atoms with Crippen LogP contribution >= 0.6 is 0 Å². The number of carbonyl (C=O) groups is 2. The van der Waals surface area contributed by atoms with Crippen LogP contribution in [0.4, 0.5) is 0 Å². The van der Waals surface area contributed by atoms with E-state index in [0.29, 0.717) is 25.2 Å². The third kappa shape index (κ3) is 4.23. The Balaban J connectivity index is 1.40. The average molecular weight is 479 g/mol. The number of nitrogens with one attached hydrogen (secondary N) is 1. The first kappa shape index (κ1) is 23.3. The fourth-order valence-corrected chi connectivity index (χ4v) is 4.86. The molecule has 0 aliphatic heterocycles. The summed E-state index contributed by atoms with van der Waals surface area (Å²) in [5.41, 5.74) is 4.01. The SMILES string of the molecule is Cc1c(C(=O)c2cccc3ccccc23)c2ccccc2n1CCNCc1ccc(C(=O)O)c(O)c1. The van der Waals surface area contributed by atoms with Crippen molar-refractivity contribution in [2.24, 2.45) is 0 Å². The first-order chi connectivity index (χ1) is 17.5. The van der Waals surface area contributed by atoms with Crippen LogP contribution in [0.5, 0.6) is 5.75 Å². The van der Waals surface area contributed by atoms with Gasteiger partial charge < -0.3 is 20.1 Å². The predicted octanol–water partition coefficient (Wildman–Crippen LogP) is 5.53. The van der Waals surface area contributed by atoms with Crippen LogP contribution in [0.3, 0.4) is 0 Å². The molecule has 0 saturated carbocycles. The number of aromatic nitrogens is 1. The highest BCUT2D eigenvalue weighted by Gasteiger charge is 2.22. The number of aromatic hydroxyl groups is 1. The van der Waals surface area contributed by atoms with Crippen LogP contribution < -0.4 is 5.32 Å². The molecule has 5 rings (SSSR count). The molecule has 1 heterocycles. The van der Waals surface area contributed by atoms with Gasteiger partial charge in [0.15, 0.2) is 5.78 Å². The summed E-state index contributed by atoms with van der Waals surface area (Å²) in [7, 11) is 0. The van der Waals surface area contributed by atoms with E-state index < -0.39 is 5.97 Å². The Hall–Kier alpha value is -4.42. The number of hydrogen-bond acceptors (Lipinski definition) is 4. The number of para-hydroxylation sites is 1. The van der Waals surface area contributed by atoms with Gasteiger partial charge in [-0.25, -0.2) is 4.79 Å². The fraction of sp³-hybridized carbons (Fsp3) is 0.133. The van der Waals surface area contributed by atoms with Gasteiger partial charge in [0, 0.05) is 41.8 Å². The van der Waals surface area contributed by atoms with Gasteiger partial charge in [-0.15, -0.1) is 0 Å². The Morgan fingerprint density at radius 3 is 2.36 bits per heavy atom. The van der Waals surface area contributed by atoms with Gasteiger partial charge in [-0.2, -0.15) is 0 Å². The normalized spacial score (nSPS) is 11.2. The molecule has 0 saturated heterocycles. The first-order valence-electron chi connectivity index (χ1n) is 11.8. The molecule has 0 spiro atoms. The highest BCUT2D eigenvalue weighted by molar-refractivity contribution is 6.22. The van der Waals surface area contributed by atoms with Crippen LogP contribution in [0.25, 0.3) is 21.7 Å². The summed E-state index contributed by atoms with van der Waals surface area (Å²) < 4.78 is 2.16. The average Bonchev–Trinajstić information content (AvgIpc) is 3.16. The van der Waals surface area contributed by atoms with Crippen LogP contribution in [0.1, 0.15) is 37.5 Å². The maximum absolute atomic E-state index is 13.8. The van der Waals surface area contributed by atoms with Crippen LogP contribution in [-0.4, -0.2) is 33.1 Å². The smallest absolute Gasteiger partial charge is 0.339 e. The van der Waals surface area contributed by atoms with Crippen molar-refractivity contribution in [2.75, 3.05) is 6.54 Å². The van der Waals surface area contributed by atoms with Crippen molar-refractivity contribution < 1.29 is 19.8 Å². The molecule has 0 fully saturated rings. The molecule has 0 unspecified atom stereocenters. The maximum Gasteiger partial charge on any atom is 0.339 e. The van der Waals surface area contributed by atoms with Gasteiger partial charge in [-0.05, 0) is 41.5 Å². The number of nitrogens with zero attached hydrogens (tertiary/aromatic N) is 1. The lowest BCUT2D eigenvalue weighted by Gasteiger charge is -2.11. The minimum absolute atomic E-state index is 0.0150. The van der Waals surface area contributed by atoms with Crippen molar-refractivity contribution >= 4 is 33.4 Å². The molecule has 36 heavy (non-hydrogen) atoms. The Bertz CT molecular complexity index is 1610. The van der Waals surface area contributed by atoms with Gasteiger partial charge in [-0.1, -0.05) is 66.7 Å². The molecule has 180 valence electrons. The lowest BCUT2D eigenvalue weighted by atomic mass is 9.95. The summed E-state index contributed by atoms with van der Waals surface area (Å²) in [5, 5.41) is 25.3. The summed E-state index contributed by atoms with van der Waals surface area (Å²) in [5.74, 6) is -1.39. The lowest BCUT2D eigenvalue weighted by Crippen LogP contribution is -2.20. The molecule has 5 aromatic rings. The molecule has 3 N–H and O–H groups in total. The topological polar surface area (TPSA) is 91.6 Å². The van der Waals surface area contributed by atoms with Gasteiger partial charge in [0.25, 0.3) is 0 Å². The van der Waals surface area contributed by atoms with Gasteiger partial charge in [0.05, 0.1) is 5.56 Å². The third-order valence-corrected chi connectivity index (χ3v) is 6.63. The third-order valence-electron chi connectivity index (χ3n) is 6.63. The molecule has 0 aliphatic carbocycles. The van der Waals surface area contributed by atoms with Crippen LogP contribution in [0, 0.1) is 6.92 Å². The molecule has 6 nitrogen and oxygen atoms in total. The number of carboxylic acid groups (broad SMARTS) is 1. The molecule has 0 atom stereocenters. The summed E-state index contributed by atoms with van der Waals surface area (Å²) in [6, 6.07) is 26.3. The van der Waals surface area contributed by atoms with E-state index in [0.717, 1.165) is 38.5 Å². The minimum atomic E-state index is -1.16. The number of rotatable bonds is 8. The number of ketones is 1. The number of aromatic carboxylic acids is 1. The molecular weight excluding hydrogens is 452 g/mol. The molecular formula is C30H26N2O4. The molecule has 6 heteroatoms. The second-order valence-corrected chi connectivity index (χ2v) is 8.82. The summed E-state index contributed by atoms with van der Waals surface area (Å²) >= 11 is 0. The Morgan fingerprint density at radius 2 is 1.58 bits per heavy atom. The van der Waals surface area contributed by atoms with E-state index in [-0.39, 0.29) is 17.1 Å². The lowest BCUT2D eigenvalue weighted by molar-refractivity contribution is 0.0693. The highest BCUT2D eigenvalue weighted by atomic mass is 16.4. The molecule has 0 radical (unpaired) electrons. The first-order valence-corrected chi connectivity index (χ1v) is 11.8. The van der Waals surface area contributed by atoms with Crippen LogP contribution in [0.2, 0.25) is 0 Å². The van der Waals surface area contributed by atoms with Gasteiger partial charge >= 0.3 is 5.97 Å². The van der Waals surface area contributed by atoms with E-state index in [9.17, 15) is 14.7 Å². The van der Waals surface area contributed by atoms with E-state index in [1.165, 1.54) is 12.1 Å². The quantitative estimate of drug-likeness (QED) is 0.202. The molecule has 0 aliphatic rings. The summed E-state index contributed by atoms with van der Waals surface area (Å²) in [6.07, 6.45) is 0. The van der Waals surface area contributed by atoms with Crippen LogP contribution in [-0.2, 0) is 13.1 Å². The second kappa shape index (κ2) is 9.68. The van der Waals surface area contributed by atoms with E-state index in [2.05, 4.69) is 9.88 Å². The molecule has 4 aromatic carbocycles. The Kier molecular flexibility index (Phi) is 6.27. The van der Waals surface area contributed by atoms with E-state index in [4.69, 9.17) is 5.11 Å². The zero-order chi connectivity index (χ0) is 25.2. The monoisotopic (exact) mass is 478 g/mol. The number of carboxylic acids is 1. The summed E-state index contributed by atoms with van der Waals surface area (Å²) in [4.78, 5) is 24.9. The molecule has 1 aromatic heterocycles. The van der Waals surface area contributed by atoms with Gasteiger partial charge in [0.1, 0.15) is 11.3 Å². The zero-order valence-corrected chi connectivity index (χ0v) is 19.9. The predicted molar refractivity (Wildman–Crippen MR) is 141 cm³/mol. The second-order valence-electron chi connectivity index (χ2n) is 8.82. The molecule has 0 bridgehead atoms. The van der Waals surface area contributed by atoms with Crippen molar-refractivity contribution in [2.45, 2.75) is 20.0 Å². The summed E-state index contributed by atoms with van der Waals surface area (Å²) in [6.45, 7) is 3.74. The maximum atomic E-state index is 13.8. The number of carbonyl (C=O) groups excluding carboxylic acids is 1. The van der Waals surface area contributed by atoms with Crippen LogP contribution in [0.15, 0.2) is 84.9 Å². The van der Waals surface area contributed by atoms with E-state index in [1.54, 1.807) is 6.07 Å². The van der Waals surface area contributed by atoms with Crippen molar-refractivity contribution in [3.05, 3.63) is 113 Å². The Labute approximate surface area is 208 Å². The number of hydrogen-bond donors (Lipinski definition) is 3. The number of phenols is 1.